The number of hydrogen-bond acceptors (Lipinski definition) is 6. The van der Waals surface area contributed by atoms with Gasteiger partial charge in [-0.2, -0.15) is 13.2 Å². The Bertz CT molecular complexity index is 1310. The fourth-order valence-corrected chi connectivity index (χ4v) is 6.44. The molecule has 0 aliphatic carbocycles. The second-order valence-electron chi connectivity index (χ2n) is 9.49. The van der Waals surface area contributed by atoms with E-state index in [0.29, 0.717) is 63.5 Å². The van der Waals surface area contributed by atoms with E-state index in [1.54, 1.807) is 16.3 Å². The fourth-order valence-electron chi connectivity index (χ4n) is 4.60. The largest absolute Gasteiger partial charge is 0.416 e. The third-order valence-corrected chi connectivity index (χ3v) is 9.10. The van der Waals surface area contributed by atoms with Crippen LogP contribution in [-0.2, 0) is 16.2 Å². The lowest BCUT2D eigenvalue weighted by molar-refractivity contribution is -0.137. The van der Waals surface area contributed by atoms with Gasteiger partial charge in [-0.05, 0) is 31.0 Å². The van der Waals surface area contributed by atoms with Crippen LogP contribution >= 0.6 is 11.3 Å². The van der Waals surface area contributed by atoms with E-state index in [2.05, 4.69) is 4.98 Å². The fraction of sp³-hybridized carbons (Fsp3) is 0.407. The molecule has 0 N–H and O–H groups in total. The molecule has 1 aromatic heterocycles. The number of carbonyl (C=O) groups is 1. The van der Waals surface area contributed by atoms with Crippen LogP contribution in [0.1, 0.15) is 39.8 Å². The topological polar surface area (TPSA) is 73.8 Å². The molecule has 1 amide bonds. The number of aromatic nitrogens is 1. The molecule has 7 nitrogen and oxygen atoms in total. The first kappa shape index (κ1) is 29.0. The van der Waals surface area contributed by atoms with E-state index in [0.717, 1.165) is 17.1 Å². The smallest absolute Gasteiger partial charge is 0.368 e. The number of anilines is 1. The first-order valence-electron chi connectivity index (χ1n) is 12.6. The molecule has 2 saturated heterocycles. The SMILES string of the molecule is CS(=O)(=O)N1CCC(c2nc(C(=O)N3CCN(c4cccc(C(F)(F)F)c4)CC3)cs2)CC1.c1ccccc1. The highest BCUT2D eigenvalue weighted by molar-refractivity contribution is 7.88. The maximum atomic E-state index is 13.0. The Morgan fingerprint density at radius 1 is 0.923 bits per heavy atom. The third kappa shape index (κ3) is 7.80. The Morgan fingerprint density at radius 2 is 1.51 bits per heavy atom. The van der Waals surface area contributed by atoms with Crippen LogP contribution in [0.5, 0.6) is 0 Å². The number of carbonyl (C=O) groups excluding carboxylic acids is 1. The molecule has 2 fully saturated rings. The predicted molar refractivity (Wildman–Crippen MR) is 147 cm³/mol. The average molecular weight is 581 g/mol. The Labute approximate surface area is 230 Å². The summed E-state index contributed by atoms with van der Waals surface area (Å²) in [4.78, 5) is 21.0. The second kappa shape index (κ2) is 12.5. The number of thiazole rings is 1. The summed E-state index contributed by atoms with van der Waals surface area (Å²) in [6.07, 6.45) is -1.84. The van der Waals surface area contributed by atoms with Crippen LogP contribution in [-0.4, -0.2) is 74.0 Å². The van der Waals surface area contributed by atoms with Crippen LogP contribution in [0.25, 0.3) is 0 Å². The van der Waals surface area contributed by atoms with E-state index in [9.17, 15) is 26.4 Å². The van der Waals surface area contributed by atoms with Gasteiger partial charge in [-0.25, -0.2) is 17.7 Å². The van der Waals surface area contributed by atoms with E-state index < -0.39 is 21.8 Å². The molecule has 12 heteroatoms. The quantitative estimate of drug-likeness (QED) is 0.437. The standard InChI is InChI=1S/C21H25F3N4O3S2.C6H6/c1-33(30,31)28-7-5-15(6-8-28)19-25-18(14-32-19)20(29)27-11-9-26(10-12-27)17-4-2-3-16(13-17)21(22,23)24;1-2-4-6-5-3-1/h2-4,13-15H,5-12H2,1H3;1-6H. The molecule has 0 unspecified atom stereocenters. The lowest BCUT2D eigenvalue weighted by atomic mass is 9.99. The van der Waals surface area contributed by atoms with Gasteiger partial charge in [0.1, 0.15) is 5.69 Å². The van der Waals surface area contributed by atoms with Crippen molar-refractivity contribution in [3.05, 3.63) is 82.3 Å². The number of piperazine rings is 1. The number of benzene rings is 2. The number of halogens is 3. The Hall–Kier alpha value is -2.96. The van der Waals surface area contributed by atoms with Crippen molar-refractivity contribution in [2.45, 2.75) is 24.9 Å². The summed E-state index contributed by atoms with van der Waals surface area (Å²) in [5.41, 5.74) is 0.178. The average Bonchev–Trinajstić information content (AvgIpc) is 3.44. The summed E-state index contributed by atoms with van der Waals surface area (Å²) in [6, 6.07) is 17.2. The normalized spacial score (nSPS) is 17.4. The molecule has 0 spiro atoms. The highest BCUT2D eigenvalue weighted by Gasteiger charge is 2.32. The van der Waals surface area contributed by atoms with Gasteiger partial charge in [-0.1, -0.05) is 42.5 Å². The molecule has 210 valence electrons. The van der Waals surface area contributed by atoms with Crippen LogP contribution in [0.4, 0.5) is 18.9 Å². The highest BCUT2D eigenvalue weighted by atomic mass is 32.2. The molecular formula is C27H31F3N4O3S2. The van der Waals surface area contributed by atoms with Crippen molar-refractivity contribution in [2.24, 2.45) is 0 Å². The number of sulfonamides is 1. The van der Waals surface area contributed by atoms with Crippen molar-refractivity contribution in [1.82, 2.24) is 14.2 Å². The third-order valence-electron chi connectivity index (χ3n) is 6.79. The van der Waals surface area contributed by atoms with E-state index in [1.165, 1.54) is 28.0 Å². The molecule has 2 aliphatic heterocycles. The Kier molecular flexibility index (Phi) is 9.29. The van der Waals surface area contributed by atoms with E-state index in [4.69, 9.17) is 0 Å². The number of alkyl halides is 3. The lowest BCUT2D eigenvalue weighted by Gasteiger charge is -2.36. The van der Waals surface area contributed by atoms with Crippen LogP contribution in [0.15, 0.2) is 66.0 Å². The zero-order valence-electron chi connectivity index (χ0n) is 21.5. The van der Waals surface area contributed by atoms with Crippen LogP contribution in [0.3, 0.4) is 0 Å². The zero-order valence-corrected chi connectivity index (χ0v) is 23.2. The minimum absolute atomic E-state index is 0.132. The molecule has 0 atom stereocenters. The van der Waals surface area contributed by atoms with Gasteiger partial charge in [0, 0.05) is 56.3 Å². The zero-order chi connectivity index (χ0) is 28.0. The minimum Gasteiger partial charge on any atom is -0.368 e. The first-order chi connectivity index (χ1) is 18.5. The maximum absolute atomic E-state index is 13.0. The summed E-state index contributed by atoms with van der Waals surface area (Å²) in [7, 11) is -3.19. The molecular weight excluding hydrogens is 549 g/mol. The summed E-state index contributed by atoms with van der Waals surface area (Å²) < 4.78 is 63.8. The van der Waals surface area contributed by atoms with Gasteiger partial charge in [-0.3, -0.25) is 4.79 Å². The van der Waals surface area contributed by atoms with E-state index in [-0.39, 0.29) is 11.8 Å². The van der Waals surface area contributed by atoms with Crippen LogP contribution in [0, 0.1) is 0 Å². The molecule has 3 aromatic rings. The molecule has 2 aromatic carbocycles. The summed E-state index contributed by atoms with van der Waals surface area (Å²) >= 11 is 1.41. The lowest BCUT2D eigenvalue weighted by Crippen LogP contribution is -2.49. The predicted octanol–water partition coefficient (Wildman–Crippen LogP) is 4.95. The molecule has 0 saturated carbocycles. The summed E-state index contributed by atoms with van der Waals surface area (Å²) in [5.74, 6) is -0.0536. The second-order valence-corrected chi connectivity index (χ2v) is 12.4. The highest BCUT2D eigenvalue weighted by Crippen LogP contribution is 2.33. The van der Waals surface area contributed by atoms with Gasteiger partial charge < -0.3 is 9.80 Å². The van der Waals surface area contributed by atoms with Gasteiger partial charge in [0.15, 0.2) is 0 Å². The summed E-state index contributed by atoms with van der Waals surface area (Å²) in [6.45, 7) is 2.57. The maximum Gasteiger partial charge on any atom is 0.416 e. The van der Waals surface area contributed by atoms with Crippen molar-refractivity contribution in [3.63, 3.8) is 0 Å². The molecule has 2 aliphatic rings. The number of rotatable bonds is 4. The minimum atomic E-state index is -4.39. The van der Waals surface area contributed by atoms with Crippen molar-refractivity contribution < 1.29 is 26.4 Å². The Balaban J connectivity index is 0.000000519. The Morgan fingerprint density at radius 3 is 2.05 bits per heavy atom. The molecule has 0 radical (unpaired) electrons. The van der Waals surface area contributed by atoms with Crippen molar-refractivity contribution in [2.75, 3.05) is 50.4 Å². The molecule has 39 heavy (non-hydrogen) atoms. The van der Waals surface area contributed by atoms with Crippen LogP contribution < -0.4 is 4.90 Å². The monoisotopic (exact) mass is 580 g/mol. The molecule has 0 bridgehead atoms. The van der Waals surface area contributed by atoms with Gasteiger partial charge in [0.2, 0.25) is 10.0 Å². The number of nitrogens with zero attached hydrogens (tertiary/aromatic N) is 4. The van der Waals surface area contributed by atoms with Crippen molar-refractivity contribution in [1.29, 1.82) is 0 Å². The van der Waals surface area contributed by atoms with Crippen LogP contribution in [0.2, 0.25) is 0 Å². The van der Waals surface area contributed by atoms with E-state index in [1.807, 2.05) is 41.3 Å². The van der Waals surface area contributed by atoms with Gasteiger partial charge in [0.25, 0.3) is 5.91 Å². The molecule has 3 heterocycles. The first-order valence-corrected chi connectivity index (χ1v) is 15.4. The van der Waals surface area contributed by atoms with Gasteiger partial charge in [0.05, 0.1) is 16.8 Å². The number of hydrogen-bond donors (Lipinski definition) is 0. The van der Waals surface area contributed by atoms with Gasteiger partial charge >= 0.3 is 6.18 Å². The molecule has 5 rings (SSSR count). The number of piperidine rings is 1. The van der Waals surface area contributed by atoms with Gasteiger partial charge in [-0.15, -0.1) is 11.3 Å². The van der Waals surface area contributed by atoms with E-state index >= 15 is 0 Å². The number of amides is 1. The van der Waals surface area contributed by atoms with Crippen molar-refractivity contribution in [3.8, 4) is 0 Å². The summed E-state index contributed by atoms with van der Waals surface area (Å²) in [5, 5.41) is 2.58. The van der Waals surface area contributed by atoms with Crippen molar-refractivity contribution >= 4 is 33.0 Å².